The maximum absolute atomic E-state index is 10.1. The molecule has 0 saturated carbocycles. The summed E-state index contributed by atoms with van der Waals surface area (Å²) in [6.07, 6.45) is 0. The predicted octanol–water partition coefficient (Wildman–Crippen LogP) is 0.595. The highest BCUT2D eigenvalue weighted by Crippen LogP contribution is 1.50. The molecule has 0 aromatic carbocycles. The maximum Gasteiger partial charge on any atom is 0.126 e. The van der Waals surface area contributed by atoms with Crippen LogP contribution >= 0.6 is 0 Å². The zero-order valence-corrected chi connectivity index (χ0v) is 2.12. The van der Waals surface area contributed by atoms with Crippen LogP contribution in [0, 0.1) is 0 Å². The van der Waals surface area contributed by atoms with Crippen LogP contribution in [0.3, 0.4) is 0 Å². The van der Waals surface area contributed by atoms with Crippen LogP contribution in [0.15, 0.2) is 0 Å². The Balaban J connectivity index is 3.82. The van der Waals surface area contributed by atoms with Gasteiger partial charge in [-0.1, -0.05) is 0 Å². The summed E-state index contributed by atoms with van der Waals surface area (Å²) in [5.41, 5.74) is 0. The lowest BCUT2D eigenvalue weighted by Gasteiger charge is -1.56. The third-order valence-corrected chi connectivity index (χ3v) is 0. The Morgan fingerprint density at radius 2 is 3.00 bits per heavy atom. The minimum atomic E-state index is -2.57. The zero-order chi connectivity index (χ0) is 6.78. The summed E-state index contributed by atoms with van der Waals surface area (Å²) in [7, 11) is 0. The fraction of sp³-hybridized carbons (Fsp3) is 0.667. The fourth-order valence-corrected chi connectivity index (χ4v) is 0. The molecule has 24 valence electrons. The molecule has 0 rings (SSSR count). The molecule has 0 aliphatic heterocycles. The van der Waals surface area contributed by atoms with Crippen molar-refractivity contribution in [2.75, 3.05) is 0 Å². The standard InChI is InChI=1S/C3H6O/c1-3(2)4/h1-2H3/i1T,2T3. The smallest absolute Gasteiger partial charge is 0.126 e. The van der Waals surface area contributed by atoms with Crippen molar-refractivity contribution in [1.82, 2.24) is 0 Å². The van der Waals surface area contributed by atoms with Gasteiger partial charge in [-0.25, -0.2) is 0 Å². The van der Waals surface area contributed by atoms with E-state index in [9.17, 15) is 4.79 Å². The van der Waals surface area contributed by atoms with Crippen molar-refractivity contribution in [2.45, 2.75) is 13.8 Å². The summed E-state index contributed by atoms with van der Waals surface area (Å²) in [6, 6.07) is 0. The molecule has 0 spiro atoms. The second-order valence-corrected chi connectivity index (χ2v) is 0.423. The molecule has 0 aliphatic rings. The lowest BCUT2D eigenvalue weighted by atomic mass is 10.6. The predicted molar refractivity (Wildman–Crippen MR) is 16.4 cm³/mol. The first kappa shape index (κ1) is 0.588. The third-order valence-electron chi connectivity index (χ3n) is 0. The van der Waals surface area contributed by atoms with E-state index in [-0.39, 0.29) is 0 Å². The van der Waals surface area contributed by atoms with Crippen molar-refractivity contribution in [2.24, 2.45) is 0 Å². The molecule has 0 atom stereocenters. The highest BCUT2D eigenvalue weighted by molar-refractivity contribution is 5.72. The Labute approximate surface area is 31.3 Å². The van der Waals surface area contributed by atoms with Gasteiger partial charge in [-0.05, 0) is 13.8 Å². The van der Waals surface area contributed by atoms with Gasteiger partial charge in [0.1, 0.15) is 5.78 Å². The molecule has 0 amide bonds. The van der Waals surface area contributed by atoms with E-state index in [2.05, 4.69) is 0 Å². The SMILES string of the molecule is [3H]CC(=O)C([3H])([3H])[3H]. The lowest BCUT2D eigenvalue weighted by molar-refractivity contribution is -0.114. The van der Waals surface area contributed by atoms with Gasteiger partial charge < -0.3 is 4.79 Å². The summed E-state index contributed by atoms with van der Waals surface area (Å²) in [5, 5.41) is 0. The largest absolute Gasteiger partial charge is 0.300 e. The number of hydrogen-bond donors (Lipinski definition) is 0. The third kappa shape index (κ3) is 6.88. The van der Waals surface area contributed by atoms with Crippen molar-refractivity contribution < 1.29 is 10.3 Å². The summed E-state index contributed by atoms with van der Waals surface area (Å²) < 4.78 is 25.6. The van der Waals surface area contributed by atoms with E-state index >= 15 is 0 Å². The van der Waals surface area contributed by atoms with Gasteiger partial charge in [0.2, 0.25) is 0 Å². The van der Waals surface area contributed by atoms with E-state index in [0.717, 1.165) is 0 Å². The van der Waals surface area contributed by atoms with Gasteiger partial charge in [0, 0.05) is 5.48 Å². The molecule has 0 fully saturated rings. The Bertz CT molecular complexity index is 93.9. The van der Waals surface area contributed by atoms with Gasteiger partial charge in [0.05, 0.1) is 0 Å². The summed E-state index contributed by atoms with van der Waals surface area (Å²) in [6.45, 7) is -3.22. The quantitative estimate of drug-likeness (QED) is 0.404. The molecule has 1 heteroatoms. The van der Waals surface area contributed by atoms with Crippen LogP contribution in [0.1, 0.15) is 19.2 Å². The van der Waals surface area contributed by atoms with E-state index in [0.29, 0.717) is 0 Å². The molecule has 0 aromatic rings. The van der Waals surface area contributed by atoms with Crippen LogP contribution in [0.2, 0.25) is 0 Å². The molecule has 0 aliphatic carbocycles. The lowest BCUT2D eigenvalue weighted by Crippen LogP contribution is -1.69. The van der Waals surface area contributed by atoms with Crippen molar-refractivity contribution in [1.29, 1.82) is 0 Å². The average Bonchev–Trinajstić information content (AvgIpc) is 1.62. The minimum absolute atomic E-state index is 0.656. The van der Waals surface area contributed by atoms with Gasteiger partial charge >= 0.3 is 0 Å². The minimum Gasteiger partial charge on any atom is -0.300 e. The molecule has 0 aromatic heterocycles. The van der Waals surface area contributed by atoms with Crippen LogP contribution in [-0.2, 0) is 4.79 Å². The second-order valence-electron chi connectivity index (χ2n) is 0.423. The summed E-state index contributed by atoms with van der Waals surface area (Å²) >= 11 is 0. The molecule has 0 saturated heterocycles. The normalized spacial score (nSPS) is 24.0. The Kier molecular flexibility index (Phi) is 0.154. The van der Waals surface area contributed by atoms with Gasteiger partial charge in [-0.2, -0.15) is 0 Å². The first-order chi connectivity index (χ1) is 3.48. The van der Waals surface area contributed by atoms with Crippen LogP contribution in [0.5, 0.6) is 0 Å². The fourth-order valence-electron chi connectivity index (χ4n) is 0. The molecule has 0 heterocycles. The summed E-state index contributed by atoms with van der Waals surface area (Å²) in [5.74, 6) is -1.00. The van der Waals surface area contributed by atoms with Crippen LogP contribution in [0.4, 0.5) is 0 Å². The molecule has 0 unspecified atom stereocenters. The van der Waals surface area contributed by atoms with E-state index in [1.54, 1.807) is 0 Å². The van der Waals surface area contributed by atoms with Crippen LogP contribution in [0.25, 0.3) is 0 Å². The topological polar surface area (TPSA) is 17.1 Å². The van der Waals surface area contributed by atoms with Gasteiger partial charge in [0.15, 0.2) is 0 Å². The van der Waals surface area contributed by atoms with Crippen molar-refractivity contribution in [3.8, 4) is 0 Å². The van der Waals surface area contributed by atoms with Crippen LogP contribution in [-0.4, -0.2) is 5.78 Å². The maximum atomic E-state index is 10.1. The van der Waals surface area contributed by atoms with Crippen molar-refractivity contribution in [3.05, 3.63) is 0 Å². The Morgan fingerprint density at radius 1 is 2.25 bits per heavy atom. The molecule has 0 radical (unpaired) electrons. The van der Waals surface area contributed by atoms with Gasteiger partial charge in [0.25, 0.3) is 0 Å². The number of ketones is 1. The first-order valence-corrected chi connectivity index (χ1v) is 0.808. The number of carbonyl (C=O) groups excluding carboxylic acids is 1. The summed E-state index contributed by atoms with van der Waals surface area (Å²) in [4.78, 5) is 10.1. The molecule has 4 heavy (non-hydrogen) atoms. The first-order valence-electron chi connectivity index (χ1n) is 3.01. The average molecular weight is 66.1 g/mol. The Morgan fingerprint density at radius 3 is 3.00 bits per heavy atom. The van der Waals surface area contributed by atoms with Gasteiger partial charge in [-0.15, -0.1) is 0 Å². The number of Topliss-reactive ketones (excluding diaryl/α,β-unsaturated/α-hetero) is 1. The second kappa shape index (κ2) is 1.04. The molecule has 1 nitrogen and oxygen atoms in total. The van der Waals surface area contributed by atoms with E-state index in [4.69, 9.17) is 5.48 Å². The number of rotatable bonds is 0. The molecule has 0 N–H and O–H groups in total. The zero-order valence-electron chi connectivity index (χ0n) is 6.12. The van der Waals surface area contributed by atoms with E-state index in [1.807, 2.05) is 0 Å². The van der Waals surface area contributed by atoms with E-state index < -0.39 is 19.5 Å². The highest BCUT2D eigenvalue weighted by atomic mass is 16.1. The van der Waals surface area contributed by atoms with Crippen LogP contribution < -0.4 is 0 Å². The highest BCUT2D eigenvalue weighted by Gasteiger charge is 1.62. The van der Waals surface area contributed by atoms with Crippen molar-refractivity contribution >= 4 is 5.78 Å². The number of carbonyl (C=O) groups is 1. The Hall–Kier alpha value is -0.330. The van der Waals surface area contributed by atoms with Crippen molar-refractivity contribution in [3.63, 3.8) is 0 Å². The molecular formula is C3H6O. The van der Waals surface area contributed by atoms with E-state index in [1.165, 1.54) is 0 Å². The molecular weight excluding hydrogens is 52.0 g/mol. The monoisotopic (exact) mass is 66.1 g/mol. The molecule has 0 bridgehead atoms. The number of hydrogen-bond acceptors (Lipinski definition) is 1. The van der Waals surface area contributed by atoms with Gasteiger partial charge in [-0.3, -0.25) is 0 Å².